The monoisotopic (exact) mass is 537 g/mol. The lowest BCUT2D eigenvalue weighted by atomic mass is 9.97. The number of piperidine rings is 1. The highest BCUT2D eigenvalue weighted by Crippen LogP contribution is 2.33. The lowest BCUT2D eigenvalue weighted by Crippen LogP contribution is -2.41. The first-order valence-electron chi connectivity index (χ1n) is 12.4. The van der Waals surface area contributed by atoms with Gasteiger partial charge in [0.05, 0.1) is 12.0 Å². The van der Waals surface area contributed by atoms with Gasteiger partial charge in [-0.3, -0.25) is 9.59 Å². The first-order valence-corrected chi connectivity index (χ1v) is 13.9. The zero-order chi connectivity index (χ0) is 26.9. The summed E-state index contributed by atoms with van der Waals surface area (Å²) in [5, 5.41) is 2.94. The molecule has 3 aromatic rings. The Kier molecular flexibility index (Phi) is 7.18. The maximum atomic E-state index is 13.2. The number of hydrogen-bond acceptors (Lipinski definition) is 5. The van der Waals surface area contributed by atoms with Gasteiger partial charge < -0.3 is 15.0 Å². The van der Waals surface area contributed by atoms with Gasteiger partial charge in [0, 0.05) is 42.5 Å². The Balaban J connectivity index is 1.22. The fourth-order valence-corrected chi connectivity index (χ4v) is 6.39. The van der Waals surface area contributed by atoms with Crippen molar-refractivity contribution < 1.29 is 27.1 Å². The molecule has 5 rings (SSSR count). The van der Waals surface area contributed by atoms with E-state index in [0.717, 1.165) is 29.8 Å². The number of amides is 2. The minimum atomic E-state index is -3.74. The quantitative estimate of drug-likeness (QED) is 0.511. The fraction of sp³-hybridized carbons (Fsp3) is 0.286. The Labute approximate surface area is 221 Å². The first kappa shape index (κ1) is 25.9. The molecule has 0 saturated carbocycles. The summed E-state index contributed by atoms with van der Waals surface area (Å²) in [5.41, 5.74) is 2.94. The number of carbonyl (C=O) groups excluding carboxylic acids is 2. The maximum Gasteiger partial charge on any atom is 0.258 e. The molecular formula is C28H28FN3O5S. The van der Waals surface area contributed by atoms with Crippen LogP contribution < -0.4 is 15.0 Å². The summed E-state index contributed by atoms with van der Waals surface area (Å²) < 4.78 is 45.4. The number of fused-ring (bicyclic) bond motifs is 1. The van der Waals surface area contributed by atoms with Crippen molar-refractivity contribution in [1.29, 1.82) is 0 Å². The van der Waals surface area contributed by atoms with Gasteiger partial charge in [-0.05, 0) is 85.5 Å². The predicted molar refractivity (Wildman–Crippen MR) is 141 cm³/mol. The second kappa shape index (κ2) is 10.5. The average molecular weight is 538 g/mol. The first-order chi connectivity index (χ1) is 18.3. The molecule has 0 atom stereocenters. The smallest absolute Gasteiger partial charge is 0.258 e. The number of carbonyl (C=O) groups is 2. The van der Waals surface area contributed by atoms with E-state index in [1.807, 2.05) is 18.2 Å². The molecule has 8 nitrogen and oxygen atoms in total. The molecule has 1 N–H and O–H groups in total. The molecule has 2 heterocycles. The zero-order valence-electron chi connectivity index (χ0n) is 20.9. The van der Waals surface area contributed by atoms with Crippen molar-refractivity contribution in [2.45, 2.75) is 24.2 Å². The van der Waals surface area contributed by atoms with Gasteiger partial charge in [-0.1, -0.05) is 6.07 Å². The molecule has 0 unspecified atom stereocenters. The van der Waals surface area contributed by atoms with Crippen molar-refractivity contribution in [2.24, 2.45) is 5.92 Å². The largest absolute Gasteiger partial charge is 0.497 e. The number of methoxy groups -OCH3 is 1. The number of hydrogen-bond donors (Lipinski definition) is 1. The van der Waals surface area contributed by atoms with Crippen LogP contribution in [0.3, 0.4) is 0 Å². The van der Waals surface area contributed by atoms with E-state index < -0.39 is 15.8 Å². The highest BCUT2D eigenvalue weighted by Gasteiger charge is 2.32. The topological polar surface area (TPSA) is 96.0 Å². The van der Waals surface area contributed by atoms with E-state index in [1.54, 1.807) is 36.3 Å². The zero-order valence-corrected chi connectivity index (χ0v) is 21.7. The number of benzene rings is 3. The molecule has 10 heteroatoms. The molecule has 1 fully saturated rings. The fourth-order valence-electron chi connectivity index (χ4n) is 4.92. The van der Waals surface area contributed by atoms with E-state index in [0.29, 0.717) is 36.4 Å². The van der Waals surface area contributed by atoms with Crippen molar-refractivity contribution in [1.82, 2.24) is 4.31 Å². The Bertz CT molecular complexity index is 1450. The third-order valence-electron chi connectivity index (χ3n) is 7.11. The number of nitrogens with zero attached hydrogens (tertiary/aromatic N) is 2. The number of nitrogens with one attached hydrogen (secondary N) is 1. The summed E-state index contributed by atoms with van der Waals surface area (Å²) in [6.07, 6.45) is 1.48. The minimum absolute atomic E-state index is 0.0358. The summed E-state index contributed by atoms with van der Waals surface area (Å²) in [7, 11) is -2.17. The Morgan fingerprint density at radius 3 is 2.29 bits per heavy atom. The second-order valence-electron chi connectivity index (χ2n) is 9.40. The van der Waals surface area contributed by atoms with Crippen LogP contribution in [0.5, 0.6) is 5.75 Å². The lowest BCUT2D eigenvalue weighted by Gasteiger charge is -2.30. The van der Waals surface area contributed by atoms with Gasteiger partial charge in [0.2, 0.25) is 15.9 Å². The van der Waals surface area contributed by atoms with Crippen molar-refractivity contribution in [3.05, 3.63) is 83.7 Å². The van der Waals surface area contributed by atoms with Crippen LogP contribution in [-0.4, -0.2) is 51.3 Å². The molecule has 2 aliphatic heterocycles. The normalized spacial score (nSPS) is 16.2. The number of sulfonamides is 1. The average Bonchev–Trinajstić information content (AvgIpc) is 3.36. The molecular weight excluding hydrogens is 509 g/mol. The third kappa shape index (κ3) is 5.14. The van der Waals surface area contributed by atoms with E-state index in [1.165, 1.54) is 16.4 Å². The number of halogens is 1. The number of ether oxygens (including phenoxy) is 1. The SMILES string of the molecule is COc1ccc(C(=O)N2CCc3ccc(NC(=O)C4CCN(S(=O)(=O)c5ccc(F)cc5)CC4)cc32)cc1. The molecule has 2 amide bonds. The molecule has 0 spiro atoms. The summed E-state index contributed by atoms with van der Waals surface area (Å²) in [6.45, 7) is 0.955. The molecule has 1 saturated heterocycles. The second-order valence-corrected chi connectivity index (χ2v) is 11.3. The van der Waals surface area contributed by atoms with Crippen molar-refractivity contribution >= 4 is 33.2 Å². The summed E-state index contributed by atoms with van der Waals surface area (Å²) in [4.78, 5) is 27.9. The molecule has 198 valence electrons. The van der Waals surface area contributed by atoms with E-state index in [9.17, 15) is 22.4 Å². The standard InChI is InChI=1S/C28H28FN3O5S/c1-37-24-8-3-21(4-9-24)28(34)32-17-14-19-2-7-23(18-26(19)32)30-27(33)20-12-15-31(16-13-20)38(35,36)25-10-5-22(29)6-11-25/h2-11,18,20H,12-17H2,1H3,(H,30,33). The lowest BCUT2D eigenvalue weighted by molar-refractivity contribution is -0.120. The van der Waals surface area contributed by atoms with Crippen LogP contribution in [0.4, 0.5) is 15.8 Å². The molecule has 0 radical (unpaired) electrons. The number of rotatable bonds is 6. The molecule has 38 heavy (non-hydrogen) atoms. The summed E-state index contributed by atoms with van der Waals surface area (Å²) >= 11 is 0. The summed E-state index contributed by atoms with van der Waals surface area (Å²) in [6, 6.07) is 17.3. The van der Waals surface area contributed by atoms with Crippen molar-refractivity contribution in [3.8, 4) is 5.75 Å². The third-order valence-corrected chi connectivity index (χ3v) is 9.02. The van der Waals surface area contributed by atoms with Crippen LogP contribution in [0.15, 0.2) is 71.6 Å². The minimum Gasteiger partial charge on any atom is -0.497 e. The Hall–Kier alpha value is -3.76. The van der Waals surface area contributed by atoms with Crippen LogP contribution in [0, 0.1) is 11.7 Å². The molecule has 0 aliphatic carbocycles. The highest BCUT2D eigenvalue weighted by molar-refractivity contribution is 7.89. The van der Waals surface area contributed by atoms with Gasteiger partial charge in [0.25, 0.3) is 5.91 Å². The van der Waals surface area contributed by atoms with Gasteiger partial charge in [-0.25, -0.2) is 12.8 Å². The van der Waals surface area contributed by atoms with E-state index >= 15 is 0 Å². The van der Waals surface area contributed by atoms with Crippen LogP contribution in [-0.2, 0) is 21.2 Å². The van der Waals surface area contributed by atoms with E-state index in [2.05, 4.69) is 5.32 Å². The summed E-state index contributed by atoms with van der Waals surface area (Å²) in [5.74, 6) is -0.481. The highest BCUT2D eigenvalue weighted by atomic mass is 32.2. The maximum absolute atomic E-state index is 13.2. The van der Waals surface area contributed by atoms with E-state index in [4.69, 9.17) is 4.74 Å². The van der Waals surface area contributed by atoms with Crippen LogP contribution in [0.1, 0.15) is 28.8 Å². The van der Waals surface area contributed by atoms with E-state index in [-0.39, 0.29) is 35.7 Å². The van der Waals surface area contributed by atoms with Crippen molar-refractivity contribution in [2.75, 3.05) is 37.0 Å². The molecule has 0 aromatic heterocycles. The molecule has 2 aliphatic rings. The van der Waals surface area contributed by atoms with Crippen LogP contribution >= 0.6 is 0 Å². The van der Waals surface area contributed by atoms with Crippen LogP contribution in [0.2, 0.25) is 0 Å². The Morgan fingerprint density at radius 2 is 1.63 bits per heavy atom. The molecule has 0 bridgehead atoms. The van der Waals surface area contributed by atoms with Crippen LogP contribution in [0.25, 0.3) is 0 Å². The van der Waals surface area contributed by atoms with Gasteiger partial charge in [-0.2, -0.15) is 4.31 Å². The van der Waals surface area contributed by atoms with Gasteiger partial charge in [-0.15, -0.1) is 0 Å². The molecule has 3 aromatic carbocycles. The predicted octanol–water partition coefficient (Wildman–Crippen LogP) is 4.08. The Morgan fingerprint density at radius 1 is 0.947 bits per heavy atom. The van der Waals surface area contributed by atoms with Gasteiger partial charge in [0.1, 0.15) is 11.6 Å². The van der Waals surface area contributed by atoms with Gasteiger partial charge in [0.15, 0.2) is 0 Å². The van der Waals surface area contributed by atoms with Crippen molar-refractivity contribution in [3.63, 3.8) is 0 Å². The number of anilines is 2. The van der Waals surface area contributed by atoms with Gasteiger partial charge >= 0.3 is 0 Å².